The van der Waals surface area contributed by atoms with Gasteiger partial charge in [-0.3, -0.25) is 4.79 Å². The standard InChI is InChI=1S/C9H11NO.C5H11N/c1-2-9(11)10-8-6-4-3-5-7-8;1-2-4-6-5-3-1/h3-7H,2H2,1H3,(H,10,11);6H,1-5H2. The van der Waals surface area contributed by atoms with Gasteiger partial charge < -0.3 is 10.6 Å². The number of carbonyl (C=O) groups excluding carboxylic acids is 1. The van der Waals surface area contributed by atoms with Gasteiger partial charge in [-0.25, -0.2) is 0 Å². The van der Waals surface area contributed by atoms with Gasteiger partial charge in [0.05, 0.1) is 0 Å². The summed E-state index contributed by atoms with van der Waals surface area (Å²) in [5.74, 6) is 0.0520. The summed E-state index contributed by atoms with van der Waals surface area (Å²) in [7, 11) is 0. The summed E-state index contributed by atoms with van der Waals surface area (Å²) in [6, 6.07) is 9.44. The van der Waals surface area contributed by atoms with Crippen LogP contribution in [0.5, 0.6) is 0 Å². The first-order valence-electron chi connectivity index (χ1n) is 6.38. The molecule has 1 aromatic carbocycles. The summed E-state index contributed by atoms with van der Waals surface area (Å²) in [5.41, 5.74) is 0.861. The van der Waals surface area contributed by atoms with E-state index in [1.807, 2.05) is 37.3 Å². The highest BCUT2D eigenvalue weighted by Crippen LogP contribution is 2.04. The summed E-state index contributed by atoms with van der Waals surface area (Å²) in [6.45, 7) is 4.33. The average Bonchev–Trinajstić information content (AvgIpc) is 2.42. The largest absolute Gasteiger partial charge is 0.326 e. The first-order chi connectivity index (χ1) is 8.33. The maximum absolute atomic E-state index is 10.9. The van der Waals surface area contributed by atoms with Crippen molar-refractivity contribution in [2.45, 2.75) is 32.6 Å². The molecule has 0 atom stereocenters. The van der Waals surface area contributed by atoms with Gasteiger partial charge in [-0.1, -0.05) is 31.5 Å². The maximum atomic E-state index is 10.9. The van der Waals surface area contributed by atoms with Crippen molar-refractivity contribution in [3.8, 4) is 0 Å². The Labute approximate surface area is 104 Å². The van der Waals surface area contributed by atoms with E-state index in [9.17, 15) is 4.79 Å². The fourth-order valence-corrected chi connectivity index (χ4v) is 1.57. The van der Waals surface area contributed by atoms with Crippen LogP contribution in [-0.4, -0.2) is 19.0 Å². The van der Waals surface area contributed by atoms with Crippen LogP contribution in [0.4, 0.5) is 5.69 Å². The molecular formula is C14H22N2O. The van der Waals surface area contributed by atoms with Crippen LogP contribution in [0.2, 0.25) is 0 Å². The molecule has 0 saturated carbocycles. The molecule has 0 radical (unpaired) electrons. The van der Waals surface area contributed by atoms with E-state index in [1.54, 1.807) is 0 Å². The minimum Gasteiger partial charge on any atom is -0.326 e. The molecule has 0 aliphatic carbocycles. The predicted octanol–water partition coefficient (Wildman–Crippen LogP) is 2.80. The number of carbonyl (C=O) groups is 1. The van der Waals surface area contributed by atoms with Crippen molar-refractivity contribution in [2.75, 3.05) is 18.4 Å². The number of amides is 1. The van der Waals surface area contributed by atoms with Gasteiger partial charge in [-0.05, 0) is 38.1 Å². The molecule has 1 aliphatic rings. The van der Waals surface area contributed by atoms with Crippen LogP contribution in [0.3, 0.4) is 0 Å². The summed E-state index contributed by atoms with van der Waals surface area (Å²) >= 11 is 0. The maximum Gasteiger partial charge on any atom is 0.224 e. The minimum absolute atomic E-state index is 0.0520. The quantitative estimate of drug-likeness (QED) is 0.826. The first-order valence-corrected chi connectivity index (χ1v) is 6.38. The zero-order valence-corrected chi connectivity index (χ0v) is 10.5. The van der Waals surface area contributed by atoms with E-state index < -0.39 is 0 Å². The molecule has 1 heterocycles. The fourth-order valence-electron chi connectivity index (χ4n) is 1.57. The van der Waals surface area contributed by atoms with Gasteiger partial charge >= 0.3 is 0 Å². The molecule has 0 bridgehead atoms. The Bertz CT molecular complexity index is 296. The Kier molecular flexibility index (Phi) is 7.07. The molecule has 0 spiro atoms. The van der Waals surface area contributed by atoms with Crippen LogP contribution in [0.25, 0.3) is 0 Å². The number of anilines is 1. The normalized spacial score (nSPS) is 14.4. The summed E-state index contributed by atoms with van der Waals surface area (Å²) < 4.78 is 0. The molecular weight excluding hydrogens is 212 g/mol. The fraction of sp³-hybridized carbons (Fsp3) is 0.500. The monoisotopic (exact) mass is 234 g/mol. The Hall–Kier alpha value is -1.35. The van der Waals surface area contributed by atoms with E-state index in [-0.39, 0.29) is 5.91 Å². The lowest BCUT2D eigenvalue weighted by atomic mass is 10.2. The number of hydrogen-bond acceptors (Lipinski definition) is 2. The van der Waals surface area contributed by atoms with Crippen LogP contribution in [0.1, 0.15) is 32.6 Å². The van der Waals surface area contributed by atoms with Crippen molar-refractivity contribution in [3.63, 3.8) is 0 Å². The number of benzene rings is 1. The molecule has 1 aliphatic heterocycles. The molecule has 2 rings (SSSR count). The van der Waals surface area contributed by atoms with Crippen molar-refractivity contribution in [1.82, 2.24) is 5.32 Å². The third-order valence-electron chi connectivity index (χ3n) is 2.59. The third kappa shape index (κ3) is 6.74. The topological polar surface area (TPSA) is 41.1 Å². The molecule has 94 valence electrons. The molecule has 0 aromatic heterocycles. The Balaban J connectivity index is 0.000000202. The second kappa shape index (κ2) is 8.76. The summed E-state index contributed by atoms with van der Waals surface area (Å²) in [6.07, 6.45) is 4.74. The highest BCUT2D eigenvalue weighted by Gasteiger charge is 1.95. The number of nitrogens with one attached hydrogen (secondary N) is 2. The number of piperidine rings is 1. The van der Waals surface area contributed by atoms with Gasteiger partial charge in [0.25, 0.3) is 0 Å². The highest BCUT2D eigenvalue weighted by molar-refractivity contribution is 5.90. The molecule has 0 unspecified atom stereocenters. The van der Waals surface area contributed by atoms with Crippen LogP contribution in [-0.2, 0) is 4.79 Å². The zero-order chi connectivity index (χ0) is 12.3. The van der Waals surface area contributed by atoms with Crippen molar-refractivity contribution in [3.05, 3.63) is 30.3 Å². The molecule has 2 N–H and O–H groups in total. The Morgan fingerprint density at radius 1 is 1.18 bits per heavy atom. The second-order valence-electron chi connectivity index (χ2n) is 4.08. The van der Waals surface area contributed by atoms with Gasteiger partial charge in [-0.15, -0.1) is 0 Å². The highest BCUT2D eigenvalue weighted by atomic mass is 16.1. The predicted molar refractivity (Wildman–Crippen MR) is 72.1 cm³/mol. The molecule has 1 amide bonds. The lowest BCUT2D eigenvalue weighted by Crippen LogP contribution is -2.21. The molecule has 1 saturated heterocycles. The Morgan fingerprint density at radius 3 is 2.24 bits per heavy atom. The lowest BCUT2D eigenvalue weighted by molar-refractivity contribution is -0.115. The number of para-hydroxylation sites is 1. The zero-order valence-electron chi connectivity index (χ0n) is 10.5. The second-order valence-corrected chi connectivity index (χ2v) is 4.08. The summed E-state index contributed by atoms with van der Waals surface area (Å²) in [4.78, 5) is 10.9. The third-order valence-corrected chi connectivity index (χ3v) is 2.59. The van der Waals surface area contributed by atoms with Gasteiger partial charge in [0.1, 0.15) is 0 Å². The van der Waals surface area contributed by atoms with Gasteiger partial charge in [0, 0.05) is 12.1 Å². The van der Waals surface area contributed by atoms with Crippen LogP contribution >= 0.6 is 0 Å². The van der Waals surface area contributed by atoms with Crippen molar-refractivity contribution in [1.29, 1.82) is 0 Å². The van der Waals surface area contributed by atoms with E-state index in [1.165, 1.54) is 32.4 Å². The van der Waals surface area contributed by atoms with Crippen molar-refractivity contribution < 1.29 is 4.79 Å². The molecule has 17 heavy (non-hydrogen) atoms. The van der Waals surface area contributed by atoms with Gasteiger partial charge in [0.2, 0.25) is 5.91 Å². The van der Waals surface area contributed by atoms with E-state index in [0.29, 0.717) is 6.42 Å². The molecule has 1 aromatic rings. The SMILES string of the molecule is C1CCNCC1.CCC(=O)Nc1ccccc1. The van der Waals surface area contributed by atoms with Gasteiger partial charge in [-0.2, -0.15) is 0 Å². The minimum atomic E-state index is 0.0520. The van der Waals surface area contributed by atoms with Gasteiger partial charge in [0.15, 0.2) is 0 Å². The van der Waals surface area contributed by atoms with E-state index in [2.05, 4.69) is 10.6 Å². The van der Waals surface area contributed by atoms with E-state index in [4.69, 9.17) is 0 Å². The molecule has 1 fully saturated rings. The number of hydrogen-bond donors (Lipinski definition) is 2. The van der Waals surface area contributed by atoms with Crippen molar-refractivity contribution in [2.24, 2.45) is 0 Å². The smallest absolute Gasteiger partial charge is 0.224 e. The van der Waals surface area contributed by atoms with Crippen LogP contribution in [0, 0.1) is 0 Å². The Morgan fingerprint density at radius 2 is 1.82 bits per heavy atom. The summed E-state index contributed by atoms with van der Waals surface area (Å²) in [5, 5.41) is 6.04. The molecule has 3 heteroatoms. The molecule has 3 nitrogen and oxygen atoms in total. The lowest BCUT2D eigenvalue weighted by Gasteiger charge is -2.08. The number of rotatable bonds is 2. The van der Waals surface area contributed by atoms with E-state index >= 15 is 0 Å². The first kappa shape index (κ1) is 13.7. The van der Waals surface area contributed by atoms with Crippen LogP contribution in [0.15, 0.2) is 30.3 Å². The van der Waals surface area contributed by atoms with Crippen LogP contribution < -0.4 is 10.6 Å². The van der Waals surface area contributed by atoms with Crippen molar-refractivity contribution >= 4 is 11.6 Å². The van der Waals surface area contributed by atoms with E-state index in [0.717, 1.165) is 5.69 Å². The average molecular weight is 234 g/mol.